The van der Waals surface area contributed by atoms with Crippen LogP contribution in [0, 0.1) is 6.92 Å². The van der Waals surface area contributed by atoms with Crippen LogP contribution in [-0.2, 0) is 23.0 Å². The Labute approximate surface area is 117 Å². The van der Waals surface area contributed by atoms with E-state index in [0.717, 1.165) is 22.4 Å². The molecular formula is C16H19NOS. The van der Waals surface area contributed by atoms with Gasteiger partial charge in [0.05, 0.1) is 16.6 Å². The molecule has 0 spiro atoms. The first-order valence-electron chi connectivity index (χ1n) is 6.43. The number of nitrogens with two attached hydrogens (primary N) is 1. The van der Waals surface area contributed by atoms with Gasteiger partial charge in [0.2, 0.25) is 0 Å². The predicted molar refractivity (Wildman–Crippen MR) is 81.5 cm³/mol. The van der Waals surface area contributed by atoms with Gasteiger partial charge in [0, 0.05) is 10.6 Å². The molecule has 2 aromatic rings. The van der Waals surface area contributed by atoms with Gasteiger partial charge in [-0.2, -0.15) is 0 Å². The van der Waals surface area contributed by atoms with Gasteiger partial charge in [-0.1, -0.05) is 37.3 Å². The van der Waals surface area contributed by atoms with Gasteiger partial charge in [-0.3, -0.25) is 4.21 Å². The van der Waals surface area contributed by atoms with Gasteiger partial charge >= 0.3 is 0 Å². The highest BCUT2D eigenvalue weighted by Crippen LogP contribution is 2.21. The van der Waals surface area contributed by atoms with Gasteiger partial charge in [0.1, 0.15) is 0 Å². The Morgan fingerprint density at radius 2 is 1.68 bits per heavy atom. The number of rotatable bonds is 4. The van der Waals surface area contributed by atoms with E-state index in [-0.39, 0.29) is 0 Å². The molecule has 0 aliphatic rings. The van der Waals surface area contributed by atoms with Crippen molar-refractivity contribution < 1.29 is 4.21 Å². The molecular weight excluding hydrogens is 254 g/mol. The standard InChI is InChI=1S/C16H19NOS/c1-3-13-7-9-14(10-8-13)11-19(18)16-6-4-5-15(17)12(16)2/h4-10H,3,11,17H2,1-2H3. The number of benzene rings is 2. The van der Waals surface area contributed by atoms with E-state index in [2.05, 4.69) is 31.2 Å². The van der Waals surface area contributed by atoms with Gasteiger partial charge in [-0.25, -0.2) is 0 Å². The van der Waals surface area contributed by atoms with Crippen molar-refractivity contribution in [3.63, 3.8) is 0 Å². The summed E-state index contributed by atoms with van der Waals surface area (Å²) in [7, 11) is -1.04. The summed E-state index contributed by atoms with van der Waals surface area (Å²) in [5.41, 5.74) is 9.87. The maximum absolute atomic E-state index is 12.4. The maximum atomic E-state index is 12.4. The summed E-state index contributed by atoms with van der Waals surface area (Å²) >= 11 is 0. The molecule has 19 heavy (non-hydrogen) atoms. The Kier molecular flexibility index (Phi) is 4.38. The Morgan fingerprint density at radius 1 is 1.05 bits per heavy atom. The average Bonchev–Trinajstić information content (AvgIpc) is 2.42. The molecule has 1 unspecified atom stereocenters. The number of nitrogen functional groups attached to an aromatic ring is 1. The Morgan fingerprint density at radius 3 is 2.32 bits per heavy atom. The highest BCUT2D eigenvalue weighted by Gasteiger charge is 2.09. The molecule has 0 aromatic heterocycles. The molecule has 0 saturated heterocycles. The topological polar surface area (TPSA) is 43.1 Å². The Balaban J connectivity index is 2.18. The van der Waals surface area contributed by atoms with Crippen molar-refractivity contribution in [1.82, 2.24) is 0 Å². The summed E-state index contributed by atoms with van der Waals surface area (Å²) < 4.78 is 12.4. The first-order chi connectivity index (χ1) is 9.11. The van der Waals surface area contributed by atoms with Gasteiger partial charge < -0.3 is 5.73 Å². The van der Waals surface area contributed by atoms with Crippen molar-refractivity contribution in [3.05, 3.63) is 59.2 Å². The summed E-state index contributed by atoms with van der Waals surface area (Å²) in [6, 6.07) is 13.9. The minimum absolute atomic E-state index is 0.536. The molecule has 2 aromatic carbocycles. The van der Waals surface area contributed by atoms with E-state index in [0.29, 0.717) is 11.4 Å². The van der Waals surface area contributed by atoms with Crippen molar-refractivity contribution >= 4 is 16.5 Å². The summed E-state index contributed by atoms with van der Waals surface area (Å²) in [6.45, 7) is 4.05. The van der Waals surface area contributed by atoms with Crippen molar-refractivity contribution in [3.8, 4) is 0 Å². The highest BCUT2D eigenvalue weighted by molar-refractivity contribution is 7.84. The van der Waals surface area contributed by atoms with Crippen LogP contribution >= 0.6 is 0 Å². The molecule has 2 N–H and O–H groups in total. The third kappa shape index (κ3) is 3.24. The minimum atomic E-state index is -1.04. The number of hydrogen-bond donors (Lipinski definition) is 1. The number of anilines is 1. The van der Waals surface area contributed by atoms with Gasteiger partial charge in [-0.15, -0.1) is 0 Å². The molecule has 2 nitrogen and oxygen atoms in total. The zero-order chi connectivity index (χ0) is 13.8. The average molecular weight is 273 g/mol. The second-order valence-electron chi connectivity index (χ2n) is 4.63. The van der Waals surface area contributed by atoms with Crippen LogP contribution in [0.5, 0.6) is 0 Å². The quantitative estimate of drug-likeness (QED) is 0.867. The number of aryl methyl sites for hydroxylation is 1. The van der Waals surface area contributed by atoms with E-state index in [1.165, 1.54) is 5.56 Å². The molecule has 0 saturated carbocycles. The van der Waals surface area contributed by atoms with Crippen LogP contribution in [0.2, 0.25) is 0 Å². The van der Waals surface area contributed by atoms with Gasteiger partial charge in [0.15, 0.2) is 0 Å². The zero-order valence-corrected chi connectivity index (χ0v) is 12.2. The van der Waals surface area contributed by atoms with Crippen molar-refractivity contribution in [2.45, 2.75) is 30.9 Å². The SMILES string of the molecule is CCc1ccc(CS(=O)c2cccc(N)c2C)cc1. The molecule has 0 heterocycles. The molecule has 0 fully saturated rings. The fraction of sp³-hybridized carbons (Fsp3) is 0.250. The highest BCUT2D eigenvalue weighted by atomic mass is 32.2. The summed E-state index contributed by atoms with van der Waals surface area (Å²) in [5, 5.41) is 0. The lowest BCUT2D eigenvalue weighted by atomic mass is 10.1. The Hall–Kier alpha value is -1.61. The maximum Gasteiger partial charge on any atom is 0.0577 e. The summed E-state index contributed by atoms with van der Waals surface area (Å²) in [4.78, 5) is 0.833. The normalized spacial score (nSPS) is 12.3. The van der Waals surface area contributed by atoms with Crippen LogP contribution in [-0.4, -0.2) is 4.21 Å². The molecule has 0 aliphatic heterocycles. The van der Waals surface area contributed by atoms with E-state index < -0.39 is 10.8 Å². The molecule has 0 aliphatic carbocycles. The fourth-order valence-electron chi connectivity index (χ4n) is 1.98. The first kappa shape index (κ1) is 13.8. The van der Waals surface area contributed by atoms with Crippen molar-refractivity contribution in [2.24, 2.45) is 0 Å². The van der Waals surface area contributed by atoms with E-state index >= 15 is 0 Å². The third-order valence-corrected chi connectivity index (χ3v) is 4.83. The largest absolute Gasteiger partial charge is 0.398 e. The predicted octanol–water partition coefficient (Wildman–Crippen LogP) is 3.45. The van der Waals surface area contributed by atoms with Crippen LogP contribution in [0.1, 0.15) is 23.6 Å². The molecule has 0 bridgehead atoms. The zero-order valence-electron chi connectivity index (χ0n) is 11.3. The molecule has 0 amide bonds. The number of hydrogen-bond acceptors (Lipinski definition) is 2. The second kappa shape index (κ2) is 6.02. The first-order valence-corrected chi connectivity index (χ1v) is 7.75. The fourth-order valence-corrected chi connectivity index (χ4v) is 3.32. The minimum Gasteiger partial charge on any atom is -0.398 e. The second-order valence-corrected chi connectivity index (χ2v) is 6.05. The van der Waals surface area contributed by atoms with Crippen LogP contribution in [0.4, 0.5) is 5.69 Å². The van der Waals surface area contributed by atoms with Crippen LogP contribution in [0.15, 0.2) is 47.4 Å². The molecule has 2 rings (SSSR count). The molecule has 0 radical (unpaired) electrons. The lowest BCUT2D eigenvalue weighted by molar-refractivity contribution is 0.682. The van der Waals surface area contributed by atoms with Crippen molar-refractivity contribution in [2.75, 3.05) is 5.73 Å². The summed E-state index contributed by atoms with van der Waals surface area (Å²) in [6.07, 6.45) is 1.03. The molecule has 3 heteroatoms. The van der Waals surface area contributed by atoms with Crippen LogP contribution in [0.25, 0.3) is 0 Å². The molecule has 1 atom stereocenters. The van der Waals surface area contributed by atoms with Crippen LogP contribution in [0.3, 0.4) is 0 Å². The van der Waals surface area contributed by atoms with E-state index in [1.54, 1.807) is 0 Å². The Bertz CT molecular complexity index is 590. The van der Waals surface area contributed by atoms with E-state index in [1.807, 2.05) is 25.1 Å². The van der Waals surface area contributed by atoms with E-state index in [9.17, 15) is 4.21 Å². The smallest absolute Gasteiger partial charge is 0.0577 e. The van der Waals surface area contributed by atoms with Crippen LogP contribution < -0.4 is 5.73 Å². The molecule has 100 valence electrons. The van der Waals surface area contributed by atoms with Gasteiger partial charge in [-0.05, 0) is 42.2 Å². The lowest BCUT2D eigenvalue weighted by Crippen LogP contribution is -2.01. The monoisotopic (exact) mass is 273 g/mol. The van der Waals surface area contributed by atoms with E-state index in [4.69, 9.17) is 5.73 Å². The van der Waals surface area contributed by atoms with Crippen molar-refractivity contribution in [1.29, 1.82) is 0 Å². The third-order valence-electron chi connectivity index (χ3n) is 3.30. The summed E-state index contributed by atoms with van der Waals surface area (Å²) in [5.74, 6) is 0.536. The van der Waals surface area contributed by atoms with Gasteiger partial charge in [0.25, 0.3) is 0 Å². The lowest BCUT2D eigenvalue weighted by Gasteiger charge is -2.08.